The molecular weight excluding hydrogens is 344 g/mol. The number of nitrogens with zero attached hydrogens (tertiary/aromatic N) is 8. The average Bonchev–Trinajstić information content (AvgIpc) is 2.75. The minimum atomic E-state index is -0.0701. The molecule has 142 valence electrons. The molecule has 0 radical (unpaired) electrons. The van der Waals surface area contributed by atoms with Crippen molar-refractivity contribution < 1.29 is 4.79 Å². The molecule has 9 heteroatoms. The number of aromatic nitrogens is 4. The normalized spacial score (nSPS) is 18.6. The van der Waals surface area contributed by atoms with Crippen LogP contribution in [0, 0.1) is 0 Å². The lowest BCUT2D eigenvalue weighted by Gasteiger charge is -2.35. The zero-order chi connectivity index (χ0) is 18.6. The molecule has 0 spiro atoms. The molecule has 2 aromatic rings. The van der Waals surface area contributed by atoms with Gasteiger partial charge < -0.3 is 19.6 Å². The van der Waals surface area contributed by atoms with Gasteiger partial charge in [-0.3, -0.25) is 9.78 Å². The van der Waals surface area contributed by atoms with Crippen molar-refractivity contribution in [2.75, 3.05) is 69.2 Å². The Hall–Kier alpha value is -2.81. The molecule has 2 fully saturated rings. The van der Waals surface area contributed by atoms with Gasteiger partial charge in [0.05, 0.1) is 6.20 Å². The van der Waals surface area contributed by atoms with Crippen LogP contribution in [0.4, 0.5) is 11.6 Å². The zero-order valence-corrected chi connectivity index (χ0v) is 15.5. The molecule has 2 aromatic heterocycles. The first-order chi connectivity index (χ1) is 13.2. The quantitative estimate of drug-likeness (QED) is 0.748. The van der Waals surface area contributed by atoms with Crippen molar-refractivity contribution in [3.05, 3.63) is 36.4 Å². The molecule has 2 aliphatic heterocycles. The summed E-state index contributed by atoms with van der Waals surface area (Å²) in [5.41, 5.74) is 0.391. The van der Waals surface area contributed by atoms with Gasteiger partial charge in [0.15, 0.2) is 11.6 Å². The number of anilines is 2. The summed E-state index contributed by atoms with van der Waals surface area (Å²) in [5.74, 6) is 1.72. The van der Waals surface area contributed by atoms with E-state index >= 15 is 0 Å². The highest BCUT2D eigenvalue weighted by Crippen LogP contribution is 2.18. The minimum Gasteiger partial charge on any atom is -0.353 e. The summed E-state index contributed by atoms with van der Waals surface area (Å²) in [6.07, 6.45) is 4.62. The Kier molecular flexibility index (Phi) is 5.10. The summed E-state index contributed by atoms with van der Waals surface area (Å²) in [7, 11) is 2.14. The number of carbonyl (C=O) groups is 1. The molecule has 0 saturated carbocycles. The van der Waals surface area contributed by atoms with E-state index in [1.807, 2.05) is 17.0 Å². The van der Waals surface area contributed by atoms with Crippen LogP contribution < -0.4 is 9.80 Å². The molecule has 4 heterocycles. The van der Waals surface area contributed by atoms with Crippen molar-refractivity contribution in [1.82, 2.24) is 30.0 Å². The van der Waals surface area contributed by atoms with Crippen LogP contribution in [-0.2, 0) is 0 Å². The van der Waals surface area contributed by atoms with Crippen LogP contribution in [-0.4, -0.2) is 95.3 Å². The summed E-state index contributed by atoms with van der Waals surface area (Å²) < 4.78 is 0. The van der Waals surface area contributed by atoms with Crippen molar-refractivity contribution in [2.45, 2.75) is 0 Å². The Morgan fingerprint density at radius 1 is 0.852 bits per heavy atom. The second-order valence-electron chi connectivity index (χ2n) is 6.91. The second-order valence-corrected chi connectivity index (χ2v) is 6.91. The predicted octanol–water partition coefficient (Wildman–Crippen LogP) is -0.0192. The molecule has 2 aliphatic rings. The Labute approximate surface area is 158 Å². The van der Waals surface area contributed by atoms with Crippen molar-refractivity contribution >= 4 is 17.5 Å². The summed E-state index contributed by atoms with van der Waals surface area (Å²) in [4.78, 5) is 29.1. The van der Waals surface area contributed by atoms with Crippen molar-refractivity contribution in [2.24, 2.45) is 0 Å². The fourth-order valence-corrected chi connectivity index (χ4v) is 3.40. The first-order valence-electron chi connectivity index (χ1n) is 9.28. The molecule has 1 amide bonds. The lowest BCUT2D eigenvalue weighted by atomic mass is 10.2. The molecule has 9 nitrogen and oxygen atoms in total. The third-order valence-corrected chi connectivity index (χ3v) is 5.14. The number of amides is 1. The standard InChI is InChI=1S/C18H24N8O/c1-23-6-8-24(9-7-23)16-2-3-17(22-21-16)25-10-12-26(13-11-25)18(27)15-14-19-4-5-20-15/h2-5,14H,6-13H2,1H3. The summed E-state index contributed by atoms with van der Waals surface area (Å²) >= 11 is 0. The van der Waals surface area contributed by atoms with Gasteiger partial charge in [-0.25, -0.2) is 4.98 Å². The van der Waals surface area contributed by atoms with Gasteiger partial charge in [0.1, 0.15) is 5.69 Å². The molecule has 4 rings (SSSR count). The van der Waals surface area contributed by atoms with Gasteiger partial charge in [-0.15, -0.1) is 10.2 Å². The van der Waals surface area contributed by atoms with Gasteiger partial charge in [-0.1, -0.05) is 0 Å². The highest BCUT2D eigenvalue weighted by atomic mass is 16.2. The Morgan fingerprint density at radius 3 is 1.96 bits per heavy atom. The molecule has 0 N–H and O–H groups in total. The summed E-state index contributed by atoms with van der Waals surface area (Å²) in [6, 6.07) is 4.07. The maximum Gasteiger partial charge on any atom is 0.274 e. The van der Waals surface area contributed by atoms with E-state index in [1.165, 1.54) is 6.20 Å². The maximum absolute atomic E-state index is 12.5. The topological polar surface area (TPSA) is 81.6 Å². The van der Waals surface area contributed by atoms with Crippen LogP contribution in [0.5, 0.6) is 0 Å². The van der Waals surface area contributed by atoms with Gasteiger partial charge in [-0.05, 0) is 19.2 Å². The zero-order valence-electron chi connectivity index (χ0n) is 15.5. The van der Waals surface area contributed by atoms with E-state index in [2.05, 4.69) is 41.9 Å². The van der Waals surface area contributed by atoms with Crippen LogP contribution in [0.25, 0.3) is 0 Å². The fourth-order valence-electron chi connectivity index (χ4n) is 3.40. The van der Waals surface area contributed by atoms with Gasteiger partial charge in [-0.2, -0.15) is 0 Å². The van der Waals surface area contributed by atoms with Crippen LogP contribution >= 0.6 is 0 Å². The lowest BCUT2D eigenvalue weighted by Crippen LogP contribution is -2.49. The van der Waals surface area contributed by atoms with E-state index in [-0.39, 0.29) is 5.91 Å². The van der Waals surface area contributed by atoms with Crippen LogP contribution in [0.15, 0.2) is 30.7 Å². The second kappa shape index (κ2) is 7.83. The molecule has 0 atom stereocenters. The summed E-state index contributed by atoms with van der Waals surface area (Å²) in [6.45, 7) is 6.79. The first kappa shape index (κ1) is 17.6. The van der Waals surface area contributed by atoms with E-state index < -0.39 is 0 Å². The van der Waals surface area contributed by atoms with Crippen molar-refractivity contribution in [3.8, 4) is 0 Å². The average molecular weight is 368 g/mol. The number of carbonyl (C=O) groups excluding carboxylic acids is 1. The molecule has 0 aliphatic carbocycles. The molecular formula is C18H24N8O. The van der Waals surface area contributed by atoms with E-state index in [9.17, 15) is 4.79 Å². The highest BCUT2D eigenvalue weighted by molar-refractivity contribution is 5.92. The number of hydrogen-bond donors (Lipinski definition) is 0. The van der Waals surface area contributed by atoms with Crippen molar-refractivity contribution in [1.29, 1.82) is 0 Å². The number of likely N-dealkylation sites (N-methyl/N-ethyl adjacent to an activating group) is 1. The molecule has 2 saturated heterocycles. The van der Waals surface area contributed by atoms with E-state index in [0.717, 1.165) is 50.9 Å². The fraction of sp³-hybridized carbons (Fsp3) is 0.500. The number of hydrogen-bond acceptors (Lipinski definition) is 8. The SMILES string of the molecule is CN1CCN(c2ccc(N3CCN(C(=O)c4cnccn4)CC3)nn2)CC1. The molecule has 27 heavy (non-hydrogen) atoms. The molecule has 0 bridgehead atoms. The smallest absolute Gasteiger partial charge is 0.274 e. The van der Waals surface area contributed by atoms with Crippen LogP contribution in [0.1, 0.15) is 10.5 Å². The highest BCUT2D eigenvalue weighted by Gasteiger charge is 2.24. The first-order valence-corrected chi connectivity index (χ1v) is 9.28. The third-order valence-electron chi connectivity index (χ3n) is 5.14. The number of piperazine rings is 2. The Bertz CT molecular complexity index is 753. The van der Waals surface area contributed by atoms with Gasteiger partial charge >= 0.3 is 0 Å². The lowest BCUT2D eigenvalue weighted by molar-refractivity contribution is 0.0740. The summed E-state index contributed by atoms with van der Waals surface area (Å²) in [5, 5.41) is 8.84. The Morgan fingerprint density at radius 2 is 1.44 bits per heavy atom. The van der Waals surface area contributed by atoms with E-state index in [0.29, 0.717) is 18.8 Å². The monoisotopic (exact) mass is 368 g/mol. The van der Waals surface area contributed by atoms with Gasteiger partial charge in [0, 0.05) is 64.8 Å². The Balaban J connectivity index is 1.34. The van der Waals surface area contributed by atoms with Crippen LogP contribution in [0.3, 0.4) is 0 Å². The molecule has 0 aromatic carbocycles. The van der Waals surface area contributed by atoms with Crippen LogP contribution in [0.2, 0.25) is 0 Å². The van der Waals surface area contributed by atoms with Crippen molar-refractivity contribution in [3.63, 3.8) is 0 Å². The third kappa shape index (κ3) is 3.97. The van der Waals surface area contributed by atoms with E-state index in [4.69, 9.17) is 0 Å². The van der Waals surface area contributed by atoms with Gasteiger partial charge in [0.25, 0.3) is 5.91 Å². The largest absolute Gasteiger partial charge is 0.353 e. The minimum absolute atomic E-state index is 0.0701. The molecule has 0 unspecified atom stereocenters. The predicted molar refractivity (Wildman–Crippen MR) is 102 cm³/mol. The number of rotatable bonds is 3. The maximum atomic E-state index is 12.5. The van der Waals surface area contributed by atoms with Gasteiger partial charge in [0.2, 0.25) is 0 Å². The van der Waals surface area contributed by atoms with E-state index in [1.54, 1.807) is 12.4 Å².